The highest BCUT2D eigenvalue weighted by atomic mass is 35.5. The van der Waals surface area contributed by atoms with Gasteiger partial charge in [0.15, 0.2) is 0 Å². The summed E-state index contributed by atoms with van der Waals surface area (Å²) in [5.41, 5.74) is 0.258. The summed E-state index contributed by atoms with van der Waals surface area (Å²) < 4.78 is 44.1. The minimum Gasteiger partial charge on any atom is -0.395 e. The first kappa shape index (κ1) is 19.5. The summed E-state index contributed by atoms with van der Waals surface area (Å²) in [6.45, 7) is 0.293. The average Bonchev–Trinajstić information content (AvgIpc) is 2.62. The van der Waals surface area contributed by atoms with E-state index >= 15 is 0 Å². The molecule has 1 N–H and O–H groups in total. The van der Waals surface area contributed by atoms with Gasteiger partial charge < -0.3 is 9.84 Å². The van der Waals surface area contributed by atoms with Gasteiger partial charge in [-0.2, -0.15) is 13.2 Å². The summed E-state index contributed by atoms with van der Waals surface area (Å²) in [5, 5.41) is 10.6. The molecule has 0 spiro atoms. The van der Waals surface area contributed by atoms with Crippen LogP contribution in [0.3, 0.4) is 0 Å². The lowest BCUT2D eigenvalue weighted by Crippen LogP contribution is -2.38. The zero-order valence-corrected chi connectivity index (χ0v) is 15.4. The highest BCUT2D eigenvalue weighted by Gasteiger charge is 2.39. The van der Waals surface area contributed by atoms with E-state index in [1.165, 1.54) is 17.8 Å². The van der Waals surface area contributed by atoms with Gasteiger partial charge in [0.25, 0.3) is 0 Å². The van der Waals surface area contributed by atoms with Gasteiger partial charge in [-0.05, 0) is 48.7 Å². The van der Waals surface area contributed by atoms with Crippen molar-refractivity contribution in [1.82, 2.24) is 0 Å². The summed E-state index contributed by atoms with van der Waals surface area (Å²) in [5.74, 6) is 0. The maximum Gasteiger partial charge on any atom is 0.416 e. The van der Waals surface area contributed by atoms with Crippen LogP contribution in [-0.2, 0) is 10.9 Å². The maximum absolute atomic E-state index is 13.0. The first-order valence-corrected chi connectivity index (χ1v) is 9.35. The second kappa shape index (κ2) is 7.80. The van der Waals surface area contributed by atoms with Crippen LogP contribution in [0.15, 0.2) is 53.4 Å². The molecule has 7 heteroatoms. The maximum atomic E-state index is 13.0. The van der Waals surface area contributed by atoms with Crippen LogP contribution in [-0.4, -0.2) is 23.1 Å². The van der Waals surface area contributed by atoms with Crippen LogP contribution in [0.1, 0.15) is 30.1 Å². The van der Waals surface area contributed by atoms with E-state index in [-0.39, 0.29) is 12.7 Å². The SMILES string of the molecule is OCC1(Sc2cccc(C(F)(F)F)c2)CCOC(c2ccc(Cl)cc2)C1. The van der Waals surface area contributed by atoms with Crippen molar-refractivity contribution in [3.8, 4) is 0 Å². The number of ether oxygens (including phenoxy) is 1. The van der Waals surface area contributed by atoms with E-state index < -0.39 is 16.5 Å². The Bertz CT molecular complexity index is 751. The normalized spacial score (nSPS) is 23.8. The Morgan fingerprint density at radius 2 is 1.92 bits per heavy atom. The van der Waals surface area contributed by atoms with Crippen LogP contribution >= 0.6 is 23.4 Å². The molecule has 0 amide bonds. The Hall–Kier alpha value is -1.21. The number of thioether (sulfide) groups is 1. The minimum atomic E-state index is -4.38. The van der Waals surface area contributed by atoms with Gasteiger partial charge in [0.1, 0.15) is 0 Å². The summed E-state index contributed by atoms with van der Waals surface area (Å²) >= 11 is 7.20. The molecule has 26 heavy (non-hydrogen) atoms. The molecule has 2 aromatic rings. The molecule has 2 nitrogen and oxygen atoms in total. The summed E-state index contributed by atoms with van der Waals surface area (Å²) in [6, 6.07) is 12.5. The van der Waals surface area contributed by atoms with E-state index in [1.54, 1.807) is 18.2 Å². The molecular formula is C19H18ClF3O2S. The van der Waals surface area contributed by atoms with E-state index in [2.05, 4.69) is 0 Å². The number of hydrogen-bond donors (Lipinski definition) is 1. The van der Waals surface area contributed by atoms with Crippen molar-refractivity contribution in [1.29, 1.82) is 0 Å². The molecule has 2 unspecified atom stereocenters. The summed E-state index contributed by atoms with van der Waals surface area (Å²) in [7, 11) is 0. The van der Waals surface area contributed by atoms with Crippen molar-refractivity contribution in [2.45, 2.75) is 34.8 Å². The topological polar surface area (TPSA) is 29.5 Å². The van der Waals surface area contributed by atoms with Crippen molar-refractivity contribution in [2.24, 2.45) is 0 Å². The van der Waals surface area contributed by atoms with Crippen LogP contribution in [0.25, 0.3) is 0 Å². The lowest BCUT2D eigenvalue weighted by molar-refractivity contribution is -0.137. The van der Waals surface area contributed by atoms with Crippen LogP contribution in [0.5, 0.6) is 0 Å². The van der Waals surface area contributed by atoms with Crippen molar-refractivity contribution >= 4 is 23.4 Å². The average molecular weight is 403 g/mol. The fourth-order valence-corrected chi connectivity index (χ4v) is 4.48. The molecule has 0 radical (unpaired) electrons. The van der Waals surface area contributed by atoms with Gasteiger partial charge in [0.05, 0.1) is 18.3 Å². The Labute approximate surface area is 159 Å². The van der Waals surface area contributed by atoms with E-state index in [9.17, 15) is 18.3 Å². The predicted octanol–water partition coefficient (Wildman–Crippen LogP) is 5.73. The third kappa shape index (κ3) is 4.55. The second-order valence-corrected chi connectivity index (χ2v) is 8.31. The third-order valence-electron chi connectivity index (χ3n) is 4.46. The first-order chi connectivity index (χ1) is 12.3. The molecule has 3 rings (SSSR count). The number of rotatable bonds is 4. The highest BCUT2D eigenvalue weighted by molar-refractivity contribution is 8.00. The standard InChI is InChI=1S/C19H18ClF3O2S/c20-15-6-4-13(5-7-15)17-11-18(12-24,8-9-25-17)26-16-3-1-2-14(10-16)19(21,22)23/h1-7,10,17,24H,8-9,11-12H2. The van der Waals surface area contributed by atoms with Crippen LogP contribution < -0.4 is 0 Å². The molecule has 140 valence electrons. The van der Waals surface area contributed by atoms with E-state index in [1.807, 2.05) is 12.1 Å². The first-order valence-electron chi connectivity index (χ1n) is 8.16. The Balaban J connectivity index is 1.81. The van der Waals surface area contributed by atoms with Crippen molar-refractivity contribution < 1.29 is 23.0 Å². The van der Waals surface area contributed by atoms with Gasteiger partial charge in [-0.25, -0.2) is 0 Å². The Morgan fingerprint density at radius 1 is 1.19 bits per heavy atom. The quantitative estimate of drug-likeness (QED) is 0.707. The highest BCUT2D eigenvalue weighted by Crippen LogP contribution is 2.46. The van der Waals surface area contributed by atoms with Crippen LogP contribution in [0.4, 0.5) is 13.2 Å². The van der Waals surface area contributed by atoms with Gasteiger partial charge in [0, 0.05) is 21.3 Å². The smallest absolute Gasteiger partial charge is 0.395 e. The minimum absolute atomic E-state index is 0.138. The molecule has 0 saturated carbocycles. The molecular weight excluding hydrogens is 385 g/mol. The fraction of sp³-hybridized carbons (Fsp3) is 0.368. The molecule has 1 saturated heterocycles. The van der Waals surface area contributed by atoms with E-state index in [4.69, 9.17) is 16.3 Å². The van der Waals surface area contributed by atoms with Crippen molar-refractivity contribution in [2.75, 3.05) is 13.2 Å². The molecule has 1 fully saturated rings. The second-order valence-electron chi connectivity index (χ2n) is 6.33. The Kier molecular flexibility index (Phi) is 5.87. The van der Waals surface area contributed by atoms with Crippen LogP contribution in [0.2, 0.25) is 5.02 Å². The molecule has 1 heterocycles. The van der Waals surface area contributed by atoms with Crippen molar-refractivity contribution in [3.05, 3.63) is 64.7 Å². The number of halogens is 4. The summed E-state index contributed by atoms with van der Waals surface area (Å²) in [4.78, 5) is 0.491. The number of hydrogen-bond acceptors (Lipinski definition) is 3. The van der Waals surface area contributed by atoms with Gasteiger partial charge in [-0.1, -0.05) is 29.8 Å². The lowest BCUT2D eigenvalue weighted by atomic mass is 9.91. The zero-order chi connectivity index (χ0) is 18.8. The molecule has 0 bridgehead atoms. The lowest BCUT2D eigenvalue weighted by Gasteiger charge is -2.39. The molecule has 1 aliphatic rings. The van der Waals surface area contributed by atoms with Crippen molar-refractivity contribution in [3.63, 3.8) is 0 Å². The predicted molar refractivity (Wildman–Crippen MR) is 96.5 cm³/mol. The number of aliphatic hydroxyl groups excluding tert-OH is 1. The number of benzene rings is 2. The monoisotopic (exact) mass is 402 g/mol. The zero-order valence-electron chi connectivity index (χ0n) is 13.8. The molecule has 2 atom stereocenters. The molecule has 0 aromatic heterocycles. The fourth-order valence-electron chi connectivity index (χ4n) is 3.03. The van der Waals surface area contributed by atoms with Gasteiger partial charge in [-0.3, -0.25) is 0 Å². The number of alkyl halides is 3. The Morgan fingerprint density at radius 3 is 2.58 bits per heavy atom. The van der Waals surface area contributed by atoms with E-state index in [0.29, 0.717) is 29.4 Å². The van der Waals surface area contributed by atoms with Crippen LogP contribution in [0, 0.1) is 0 Å². The molecule has 2 aromatic carbocycles. The van der Waals surface area contributed by atoms with Gasteiger partial charge >= 0.3 is 6.18 Å². The van der Waals surface area contributed by atoms with Gasteiger partial charge in [-0.15, -0.1) is 11.8 Å². The molecule has 0 aliphatic carbocycles. The summed E-state index contributed by atoms with van der Waals surface area (Å²) in [6.07, 6.45) is -3.54. The number of aliphatic hydroxyl groups is 1. The van der Waals surface area contributed by atoms with Gasteiger partial charge in [0.2, 0.25) is 0 Å². The third-order valence-corrected chi connectivity index (χ3v) is 6.13. The molecule has 1 aliphatic heterocycles. The van der Waals surface area contributed by atoms with E-state index in [0.717, 1.165) is 17.7 Å². The largest absolute Gasteiger partial charge is 0.416 e.